The van der Waals surface area contributed by atoms with Crippen molar-refractivity contribution in [2.45, 2.75) is 32.2 Å². The van der Waals surface area contributed by atoms with Gasteiger partial charge in [0.15, 0.2) is 5.13 Å². The second kappa shape index (κ2) is 4.95. The maximum Gasteiger partial charge on any atom is 0.267 e. The summed E-state index contributed by atoms with van der Waals surface area (Å²) in [7, 11) is -3.69. The molecule has 0 saturated heterocycles. The topological polar surface area (TPSA) is 98.2 Å². The first kappa shape index (κ1) is 14.0. The van der Waals surface area contributed by atoms with Crippen molar-refractivity contribution in [2.75, 3.05) is 4.72 Å². The molecule has 2 heterocycles. The second-order valence-corrected chi connectivity index (χ2v) is 6.96. The molecule has 0 aromatic carbocycles. The van der Waals surface area contributed by atoms with Crippen molar-refractivity contribution in [1.82, 2.24) is 4.98 Å². The maximum atomic E-state index is 12.2. The summed E-state index contributed by atoms with van der Waals surface area (Å²) in [5.41, 5.74) is 6.25. The summed E-state index contributed by atoms with van der Waals surface area (Å²) in [6.45, 7) is 5.47. The van der Waals surface area contributed by atoms with Crippen molar-refractivity contribution in [3.63, 3.8) is 0 Å². The zero-order valence-corrected chi connectivity index (χ0v) is 12.5. The van der Waals surface area contributed by atoms with Crippen molar-refractivity contribution < 1.29 is 12.8 Å². The van der Waals surface area contributed by atoms with Crippen molar-refractivity contribution >= 4 is 26.5 Å². The highest BCUT2D eigenvalue weighted by Crippen LogP contribution is 2.26. The van der Waals surface area contributed by atoms with Crippen molar-refractivity contribution in [3.05, 3.63) is 28.2 Å². The standard InChI is InChI=1S/C11H15N3O3S2/c1-6-8(3)18-11(13-6)14-19(15,16)10-4-9(5-12)17-7(10)2/h4H,5,12H2,1-3H3,(H,13,14). The number of aryl methyl sites for hydroxylation is 3. The number of rotatable bonds is 4. The summed E-state index contributed by atoms with van der Waals surface area (Å²) in [6, 6.07) is 1.44. The SMILES string of the molecule is Cc1nc(NS(=O)(=O)c2cc(CN)oc2C)sc1C. The molecule has 0 amide bonds. The molecule has 19 heavy (non-hydrogen) atoms. The molecule has 0 unspecified atom stereocenters. The first-order valence-corrected chi connectivity index (χ1v) is 7.89. The van der Waals surface area contributed by atoms with Gasteiger partial charge in [0.25, 0.3) is 10.0 Å². The van der Waals surface area contributed by atoms with Crippen molar-refractivity contribution in [1.29, 1.82) is 0 Å². The summed E-state index contributed by atoms with van der Waals surface area (Å²) < 4.78 is 32.2. The Hall–Kier alpha value is -1.38. The molecule has 0 bridgehead atoms. The fourth-order valence-electron chi connectivity index (χ4n) is 1.58. The van der Waals surface area contributed by atoms with Gasteiger partial charge in [-0.05, 0) is 20.8 Å². The number of nitrogens with two attached hydrogens (primary N) is 1. The molecule has 0 spiro atoms. The first-order chi connectivity index (χ1) is 8.83. The molecule has 2 aromatic rings. The molecule has 0 radical (unpaired) electrons. The van der Waals surface area contributed by atoms with Crippen LogP contribution in [0.4, 0.5) is 5.13 Å². The Balaban J connectivity index is 2.34. The molecule has 104 valence electrons. The van der Waals surface area contributed by atoms with Gasteiger partial charge in [0.2, 0.25) is 0 Å². The van der Waals surface area contributed by atoms with E-state index in [-0.39, 0.29) is 11.4 Å². The molecule has 0 fully saturated rings. The summed E-state index contributed by atoms with van der Waals surface area (Å²) in [6.07, 6.45) is 0. The van der Waals surface area contributed by atoms with E-state index in [1.54, 1.807) is 6.92 Å². The molecule has 0 atom stereocenters. The maximum absolute atomic E-state index is 12.2. The second-order valence-electron chi connectivity index (χ2n) is 4.10. The van der Waals surface area contributed by atoms with E-state index < -0.39 is 10.0 Å². The molecule has 6 nitrogen and oxygen atoms in total. The number of hydrogen-bond acceptors (Lipinski definition) is 6. The van der Waals surface area contributed by atoms with E-state index >= 15 is 0 Å². The average molecular weight is 301 g/mol. The monoisotopic (exact) mass is 301 g/mol. The average Bonchev–Trinajstić information content (AvgIpc) is 2.83. The van der Waals surface area contributed by atoms with E-state index in [9.17, 15) is 8.42 Å². The summed E-state index contributed by atoms with van der Waals surface area (Å²) in [5, 5.41) is 0.352. The number of nitrogens with one attached hydrogen (secondary N) is 1. The predicted octanol–water partition coefficient (Wildman–Crippen LogP) is 1.92. The van der Waals surface area contributed by atoms with E-state index in [0.29, 0.717) is 16.7 Å². The van der Waals surface area contributed by atoms with E-state index in [0.717, 1.165) is 10.6 Å². The van der Waals surface area contributed by atoms with E-state index in [4.69, 9.17) is 10.2 Å². The minimum Gasteiger partial charge on any atom is -0.464 e. The third-order valence-electron chi connectivity index (χ3n) is 2.66. The van der Waals surface area contributed by atoms with E-state index in [1.807, 2.05) is 13.8 Å². The lowest BCUT2D eigenvalue weighted by atomic mass is 10.4. The summed E-state index contributed by atoms with van der Waals surface area (Å²) in [4.78, 5) is 5.22. The van der Waals surface area contributed by atoms with Gasteiger partial charge in [0.1, 0.15) is 16.4 Å². The lowest BCUT2D eigenvalue weighted by Crippen LogP contribution is -2.13. The molecule has 0 aliphatic carbocycles. The van der Waals surface area contributed by atoms with Crippen LogP contribution < -0.4 is 10.5 Å². The number of hydrogen-bond donors (Lipinski definition) is 2. The number of anilines is 1. The van der Waals surface area contributed by atoms with Gasteiger partial charge in [0, 0.05) is 10.9 Å². The van der Waals surface area contributed by atoms with Crippen molar-refractivity contribution in [2.24, 2.45) is 5.73 Å². The zero-order valence-electron chi connectivity index (χ0n) is 10.9. The smallest absolute Gasteiger partial charge is 0.267 e. The van der Waals surface area contributed by atoms with Crippen LogP contribution in [0.15, 0.2) is 15.4 Å². The number of thiazole rings is 1. The number of sulfonamides is 1. The van der Waals surface area contributed by atoms with Gasteiger partial charge in [-0.25, -0.2) is 13.4 Å². The fraction of sp³-hybridized carbons (Fsp3) is 0.364. The van der Waals surface area contributed by atoms with Crippen LogP contribution in [0.2, 0.25) is 0 Å². The minimum absolute atomic E-state index is 0.0958. The molecular weight excluding hydrogens is 286 g/mol. The number of furan rings is 1. The normalized spacial score (nSPS) is 11.8. The molecule has 3 N–H and O–H groups in total. The molecule has 8 heteroatoms. The van der Waals surface area contributed by atoms with Gasteiger partial charge in [-0.15, -0.1) is 11.3 Å². The van der Waals surface area contributed by atoms with Gasteiger partial charge in [-0.2, -0.15) is 0 Å². The highest BCUT2D eigenvalue weighted by atomic mass is 32.2. The van der Waals surface area contributed by atoms with E-state index in [2.05, 4.69) is 9.71 Å². The third kappa shape index (κ3) is 2.80. The van der Waals surface area contributed by atoms with E-state index in [1.165, 1.54) is 17.4 Å². The fourth-order valence-corrected chi connectivity index (χ4v) is 3.83. The van der Waals surface area contributed by atoms with Crippen LogP contribution in [0.5, 0.6) is 0 Å². The van der Waals surface area contributed by atoms with Gasteiger partial charge in [0.05, 0.1) is 12.2 Å². The Labute approximate surface area is 115 Å². The highest BCUT2D eigenvalue weighted by Gasteiger charge is 2.22. The first-order valence-electron chi connectivity index (χ1n) is 5.59. The summed E-state index contributed by atoms with van der Waals surface area (Å²) in [5.74, 6) is 0.752. The Kier molecular flexibility index (Phi) is 3.66. The van der Waals surface area contributed by atoms with Crippen LogP contribution in [0.1, 0.15) is 22.1 Å². The highest BCUT2D eigenvalue weighted by molar-refractivity contribution is 7.93. The lowest BCUT2D eigenvalue weighted by Gasteiger charge is -2.02. The van der Waals surface area contributed by atoms with Crippen LogP contribution >= 0.6 is 11.3 Å². The van der Waals surface area contributed by atoms with Crippen molar-refractivity contribution in [3.8, 4) is 0 Å². The summed E-state index contributed by atoms with van der Waals surface area (Å²) >= 11 is 1.30. The Morgan fingerprint density at radius 3 is 2.58 bits per heavy atom. The Morgan fingerprint density at radius 1 is 1.42 bits per heavy atom. The Morgan fingerprint density at radius 2 is 2.11 bits per heavy atom. The molecule has 0 aliphatic heterocycles. The largest absolute Gasteiger partial charge is 0.464 e. The quantitative estimate of drug-likeness (QED) is 0.899. The van der Waals surface area contributed by atoms with Crippen LogP contribution in [0, 0.1) is 20.8 Å². The third-order valence-corrected chi connectivity index (χ3v) is 5.23. The minimum atomic E-state index is -3.69. The molecule has 2 aromatic heterocycles. The van der Waals surface area contributed by atoms with Crippen LogP contribution in [0.25, 0.3) is 0 Å². The lowest BCUT2D eigenvalue weighted by molar-refractivity contribution is 0.479. The predicted molar refractivity (Wildman–Crippen MR) is 73.7 cm³/mol. The van der Waals surface area contributed by atoms with Crippen LogP contribution in [0.3, 0.4) is 0 Å². The van der Waals surface area contributed by atoms with Gasteiger partial charge < -0.3 is 10.2 Å². The van der Waals surface area contributed by atoms with Gasteiger partial charge in [-0.1, -0.05) is 0 Å². The molecular formula is C11H15N3O3S2. The number of aromatic nitrogens is 1. The zero-order chi connectivity index (χ0) is 14.2. The van der Waals surface area contributed by atoms with Crippen LogP contribution in [-0.2, 0) is 16.6 Å². The van der Waals surface area contributed by atoms with Crippen LogP contribution in [-0.4, -0.2) is 13.4 Å². The molecule has 0 saturated carbocycles. The van der Waals surface area contributed by atoms with Gasteiger partial charge >= 0.3 is 0 Å². The molecule has 0 aliphatic rings. The molecule has 2 rings (SSSR count). The van der Waals surface area contributed by atoms with Gasteiger partial charge in [-0.3, -0.25) is 4.72 Å². The Bertz CT molecular complexity index is 681. The number of nitrogens with zero attached hydrogens (tertiary/aromatic N) is 1.